The quantitative estimate of drug-likeness (QED) is 0.741. The standard InChI is InChI=1S/C11H13N3O2S/c15-10(16)14-4-2-11(3-5-14)12-7-9-8(13-11)1-6-17-9/h1,6-7,13H,2-5H2,(H,15,16). The van der Waals surface area contributed by atoms with E-state index in [1.807, 2.05) is 11.6 Å². The van der Waals surface area contributed by atoms with E-state index in [0.29, 0.717) is 13.1 Å². The molecule has 3 heterocycles. The average Bonchev–Trinajstić information content (AvgIpc) is 2.76. The molecule has 2 aliphatic heterocycles. The number of nitrogens with zero attached hydrogens (tertiary/aromatic N) is 2. The zero-order chi connectivity index (χ0) is 11.9. The Kier molecular flexibility index (Phi) is 2.32. The Morgan fingerprint density at radius 2 is 2.29 bits per heavy atom. The van der Waals surface area contributed by atoms with Gasteiger partial charge in [-0.15, -0.1) is 11.3 Å². The number of carbonyl (C=O) groups is 1. The van der Waals surface area contributed by atoms with Gasteiger partial charge in [0.25, 0.3) is 0 Å². The smallest absolute Gasteiger partial charge is 0.407 e. The van der Waals surface area contributed by atoms with Crippen molar-refractivity contribution in [3.8, 4) is 0 Å². The second-order valence-corrected chi connectivity index (χ2v) is 5.33. The maximum atomic E-state index is 10.9. The van der Waals surface area contributed by atoms with Gasteiger partial charge in [-0.05, 0) is 11.4 Å². The molecule has 1 amide bonds. The second-order valence-electron chi connectivity index (χ2n) is 4.38. The Balaban J connectivity index is 1.76. The van der Waals surface area contributed by atoms with Gasteiger partial charge in [0.15, 0.2) is 0 Å². The van der Waals surface area contributed by atoms with Gasteiger partial charge < -0.3 is 15.3 Å². The molecule has 6 heteroatoms. The number of piperidine rings is 1. The summed E-state index contributed by atoms with van der Waals surface area (Å²) in [7, 11) is 0. The summed E-state index contributed by atoms with van der Waals surface area (Å²) in [5.41, 5.74) is 0.828. The van der Waals surface area contributed by atoms with Crippen LogP contribution in [-0.2, 0) is 0 Å². The van der Waals surface area contributed by atoms with E-state index in [1.54, 1.807) is 11.3 Å². The van der Waals surface area contributed by atoms with Crippen molar-refractivity contribution in [1.29, 1.82) is 0 Å². The van der Waals surface area contributed by atoms with Gasteiger partial charge in [-0.1, -0.05) is 0 Å². The van der Waals surface area contributed by atoms with E-state index in [2.05, 4.69) is 16.4 Å². The molecule has 0 aliphatic carbocycles. The summed E-state index contributed by atoms with van der Waals surface area (Å²) in [4.78, 5) is 18.0. The third kappa shape index (κ3) is 1.78. The Hall–Kier alpha value is -1.56. The van der Waals surface area contributed by atoms with Gasteiger partial charge in [0.05, 0.1) is 10.6 Å². The van der Waals surface area contributed by atoms with Gasteiger partial charge >= 0.3 is 6.09 Å². The van der Waals surface area contributed by atoms with Crippen molar-refractivity contribution in [2.75, 3.05) is 18.4 Å². The lowest BCUT2D eigenvalue weighted by molar-refractivity contribution is 0.122. The molecule has 1 fully saturated rings. The number of carboxylic acid groups (broad SMARTS) is 1. The first-order valence-corrected chi connectivity index (χ1v) is 6.45. The lowest BCUT2D eigenvalue weighted by Gasteiger charge is -2.40. The lowest BCUT2D eigenvalue weighted by atomic mass is 9.96. The van der Waals surface area contributed by atoms with E-state index >= 15 is 0 Å². The van der Waals surface area contributed by atoms with Crippen molar-refractivity contribution in [1.82, 2.24) is 4.90 Å². The third-order valence-corrected chi connectivity index (χ3v) is 4.20. The maximum absolute atomic E-state index is 10.9. The van der Waals surface area contributed by atoms with E-state index in [4.69, 9.17) is 5.11 Å². The van der Waals surface area contributed by atoms with Crippen LogP contribution in [0.5, 0.6) is 0 Å². The fourth-order valence-electron chi connectivity index (χ4n) is 2.31. The van der Waals surface area contributed by atoms with Crippen molar-refractivity contribution in [2.24, 2.45) is 4.99 Å². The third-order valence-electron chi connectivity index (χ3n) is 3.35. The van der Waals surface area contributed by atoms with E-state index in [-0.39, 0.29) is 5.66 Å². The van der Waals surface area contributed by atoms with Crippen LogP contribution in [0.3, 0.4) is 0 Å². The fourth-order valence-corrected chi connectivity index (χ4v) is 3.02. The van der Waals surface area contributed by atoms with Crippen LogP contribution in [0, 0.1) is 0 Å². The molecule has 2 aliphatic rings. The highest BCUT2D eigenvalue weighted by atomic mass is 32.1. The molecule has 1 aromatic heterocycles. The number of likely N-dealkylation sites (tertiary alicyclic amines) is 1. The largest absolute Gasteiger partial charge is 0.465 e. The van der Waals surface area contributed by atoms with Crippen LogP contribution in [0.15, 0.2) is 16.4 Å². The number of nitrogens with one attached hydrogen (secondary N) is 1. The molecule has 5 nitrogen and oxygen atoms in total. The summed E-state index contributed by atoms with van der Waals surface area (Å²) in [6.07, 6.45) is 2.53. The molecule has 0 bridgehead atoms. The first-order valence-electron chi connectivity index (χ1n) is 5.57. The molecular formula is C11H13N3O2S. The molecule has 2 N–H and O–H groups in total. The van der Waals surface area contributed by atoms with Crippen LogP contribution in [0.2, 0.25) is 0 Å². The molecule has 0 unspecified atom stereocenters. The fraction of sp³-hybridized carbons (Fsp3) is 0.455. The average molecular weight is 251 g/mol. The molecule has 17 heavy (non-hydrogen) atoms. The molecule has 0 atom stereocenters. The van der Waals surface area contributed by atoms with Crippen LogP contribution in [0.1, 0.15) is 17.7 Å². The number of hydrogen-bond donors (Lipinski definition) is 2. The molecule has 0 aromatic carbocycles. The van der Waals surface area contributed by atoms with Crippen LogP contribution in [0.25, 0.3) is 0 Å². The number of rotatable bonds is 0. The minimum atomic E-state index is -0.837. The highest BCUT2D eigenvalue weighted by Gasteiger charge is 2.37. The molecule has 1 aromatic rings. The summed E-state index contributed by atoms with van der Waals surface area (Å²) >= 11 is 1.66. The van der Waals surface area contributed by atoms with E-state index < -0.39 is 6.09 Å². The zero-order valence-electron chi connectivity index (χ0n) is 9.22. The minimum Gasteiger partial charge on any atom is -0.465 e. The Morgan fingerprint density at radius 1 is 1.53 bits per heavy atom. The minimum absolute atomic E-state index is 0.292. The van der Waals surface area contributed by atoms with Gasteiger partial charge in [-0.3, -0.25) is 4.99 Å². The number of fused-ring (bicyclic) bond motifs is 1. The van der Waals surface area contributed by atoms with E-state index in [1.165, 1.54) is 4.90 Å². The Labute approximate surface area is 103 Å². The molecule has 0 radical (unpaired) electrons. The Bertz CT molecular complexity index is 475. The summed E-state index contributed by atoms with van der Waals surface area (Å²) in [6.45, 7) is 1.08. The zero-order valence-corrected chi connectivity index (χ0v) is 10.0. The van der Waals surface area contributed by atoms with Gasteiger partial charge in [-0.25, -0.2) is 4.79 Å². The molecule has 1 saturated heterocycles. The van der Waals surface area contributed by atoms with E-state index in [9.17, 15) is 4.79 Å². The number of amides is 1. The van der Waals surface area contributed by atoms with E-state index in [0.717, 1.165) is 23.4 Å². The number of hydrogen-bond acceptors (Lipinski definition) is 4. The molecule has 3 rings (SSSR count). The summed E-state index contributed by atoms with van der Waals surface area (Å²) in [6, 6.07) is 2.05. The van der Waals surface area contributed by atoms with Crippen molar-refractivity contribution < 1.29 is 9.90 Å². The first kappa shape index (κ1) is 10.6. The predicted octanol–water partition coefficient (Wildman–Crippen LogP) is 2.06. The SMILES string of the molecule is O=C(O)N1CCC2(CC1)N=Cc1sccc1N2. The molecule has 0 saturated carbocycles. The monoisotopic (exact) mass is 251 g/mol. The van der Waals surface area contributed by atoms with Gasteiger partial charge in [0.1, 0.15) is 5.66 Å². The van der Waals surface area contributed by atoms with Gasteiger partial charge in [-0.2, -0.15) is 0 Å². The second kappa shape index (κ2) is 3.73. The lowest BCUT2D eigenvalue weighted by Crippen LogP contribution is -2.50. The topological polar surface area (TPSA) is 64.9 Å². The number of aliphatic imine (C=N–C) groups is 1. The number of thiophene rings is 1. The van der Waals surface area contributed by atoms with Crippen molar-refractivity contribution in [3.63, 3.8) is 0 Å². The van der Waals surface area contributed by atoms with Crippen LogP contribution >= 0.6 is 11.3 Å². The van der Waals surface area contributed by atoms with Crippen LogP contribution in [-0.4, -0.2) is 41.1 Å². The highest BCUT2D eigenvalue weighted by Crippen LogP contribution is 2.34. The molecular weight excluding hydrogens is 238 g/mol. The summed E-state index contributed by atoms with van der Waals surface area (Å²) < 4.78 is 0. The van der Waals surface area contributed by atoms with Crippen LogP contribution < -0.4 is 5.32 Å². The molecule has 90 valence electrons. The highest BCUT2D eigenvalue weighted by molar-refractivity contribution is 7.12. The number of anilines is 1. The summed E-state index contributed by atoms with van der Waals surface area (Å²) in [5, 5.41) is 14.4. The van der Waals surface area contributed by atoms with Crippen molar-refractivity contribution in [3.05, 3.63) is 16.3 Å². The normalized spacial score (nSPS) is 21.1. The van der Waals surface area contributed by atoms with Crippen LogP contribution in [0.4, 0.5) is 10.5 Å². The Morgan fingerprint density at radius 3 is 3.00 bits per heavy atom. The first-order chi connectivity index (χ1) is 8.19. The summed E-state index contributed by atoms with van der Waals surface area (Å²) in [5.74, 6) is 0. The van der Waals surface area contributed by atoms with Crippen molar-refractivity contribution >= 4 is 29.3 Å². The van der Waals surface area contributed by atoms with Crippen molar-refractivity contribution in [2.45, 2.75) is 18.5 Å². The molecule has 1 spiro atoms. The predicted molar refractivity (Wildman–Crippen MR) is 67.1 cm³/mol. The van der Waals surface area contributed by atoms with Gasteiger partial charge in [0.2, 0.25) is 0 Å². The van der Waals surface area contributed by atoms with Gasteiger partial charge in [0, 0.05) is 32.1 Å². The maximum Gasteiger partial charge on any atom is 0.407 e.